The zero-order valence-electron chi connectivity index (χ0n) is 18.9. The number of rotatable bonds is 8. The molecule has 35 heavy (non-hydrogen) atoms. The van der Waals surface area contributed by atoms with Crippen molar-refractivity contribution in [3.8, 4) is 17.3 Å². The fourth-order valence-corrected chi connectivity index (χ4v) is 3.72. The molecular weight excluding hydrogens is 458 g/mol. The molecule has 4 N–H and O–H groups in total. The van der Waals surface area contributed by atoms with Gasteiger partial charge in [-0.05, 0) is 30.2 Å². The Morgan fingerprint density at radius 1 is 1.11 bits per heavy atom. The van der Waals surface area contributed by atoms with Gasteiger partial charge in [-0.25, -0.2) is 18.6 Å². The second kappa shape index (κ2) is 9.75. The van der Waals surface area contributed by atoms with Gasteiger partial charge in [-0.2, -0.15) is 4.68 Å². The van der Waals surface area contributed by atoms with Crippen LogP contribution in [-0.4, -0.2) is 39.8 Å². The fraction of sp³-hybridized carbons (Fsp3) is 0.167. The van der Waals surface area contributed by atoms with Gasteiger partial charge in [0.1, 0.15) is 17.5 Å². The lowest BCUT2D eigenvalue weighted by Crippen LogP contribution is -2.18. The van der Waals surface area contributed by atoms with Crippen molar-refractivity contribution in [2.45, 2.75) is 12.3 Å². The standard InChI is InChI=1S/C24H22F2N6O3/c1-34-19-11-15(18(26)12-20(19)35-2)16(10-13-5-7-14(8-6-13)21(27)28)22-30-24(33)32(31-22)23-17(25)4-3-9-29-23/h3-9,11-12,16H,10H2,1-2H3,(H3,27,28)(H,30,31,33). The first-order valence-corrected chi connectivity index (χ1v) is 10.5. The van der Waals surface area contributed by atoms with Gasteiger partial charge in [0.05, 0.1) is 20.1 Å². The SMILES string of the molecule is COc1cc(F)c(C(Cc2ccc(C(=N)N)cc2)c2nn(-c3ncccc3F)c(=O)[nH]2)cc1OC. The summed E-state index contributed by atoms with van der Waals surface area (Å²) in [5.41, 5.74) is 6.28. The van der Waals surface area contributed by atoms with Gasteiger partial charge >= 0.3 is 5.69 Å². The molecule has 0 aliphatic heterocycles. The monoisotopic (exact) mass is 480 g/mol. The largest absolute Gasteiger partial charge is 0.493 e. The van der Waals surface area contributed by atoms with E-state index in [0.29, 0.717) is 11.3 Å². The van der Waals surface area contributed by atoms with E-state index in [1.807, 2.05) is 0 Å². The molecule has 180 valence electrons. The number of ether oxygens (including phenoxy) is 2. The predicted octanol–water partition coefficient (Wildman–Crippen LogP) is 2.91. The van der Waals surface area contributed by atoms with Gasteiger partial charge in [-0.1, -0.05) is 24.3 Å². The summed E-state index contributed by atoms with van der Waals surface area (Å²) in [6.07, 6.45) is 1.55. The molecule has 0 aliphatic rings. The van der Waals surface area contributed by atoms with Gasteiger partial charge in [0.2, 0.25) is 0 Å². The summed E-state index contributed by atoms with van der Waals surface area (Å²) in [4.78, 5) is 19.2. The van der Waals surface area contributed by atoms with Crippen LogP contribution < -0.4 is 20.9 Å². The molecule has 2 heterocycles. The van der Waals surface area contributed by atoms with Crippen molar-refractivity contribution in [1.29, 1.82) is 5.41 Å². The van der Waals surface area contributed by atoms with E-state index in [-0.39, 0.29) is 35.2 Å². The highest BCUT2D eigenvalue weighted by atomic mass is 19.1. The Morgan fingerprint density at radius 3 is 2.43 bits per heavy atom. The summed E-state index contributed by atoms with van der Waals surface area (Å²) >= 11 is 0. The average Bonchev–Trinajstić information content (AvgIpc) is 3.24. The van der Waals surface area contributed by atoms with Crippen LogP contribution in [0.25, 0.3) is 5.82 Å². The van der Waals surface area contributed by atoms with Gasteiger partial charge in [0.25, 0.3) is 0 Å². The molecule has 0 spiro atoms. The molecule has 0 saturated heterocycles. The van der Waals surface area contributed by atoms with Crippen LogP contribution in [0.1, 0.15) is 28.4 Å². The van der Waals surface area contributed by atoms with E-state index < -0.39 is 23.2 Å². The van der Waals surface area contributed by atoms with E-state index in [9.17, 15) is 9.18 Å². The van der Waals surface area contributed by atoms with Crippen LogP contribution in [0.4, 0.5) is 8.78 Å². The normalized spacial score (nSPS) is 11.8. The minimum atomic E-state index is -0.793. The molecule has 1 atom stereocenters. The van der Waals surface area contributed by atoms with Crippen LogP contribution >= 0.6 is 0 Å². The van der Waals surface area contributed by atoms with Gasteiger partial charge in [-0.3, -0.25) is 10.4 Å². The van der Waals surface area contributed by atoms with E-state index in [2.05, 4.69) is 15.1 Å². The zero-order valence-corrected chi connectivity index (χ0v) is 18.9. The number of methoxy groups -OCH3 is 2. The number of hydrogen-bond donors (Lipinski definition) is 3. The summed E-state index contributed by atoms with van der Waals surface area (Å²) in [6.45, 7) is 0. The van der Waals surface area contributed by atoms with Gasteiger partial charge < -0.3 is 15.2 Å². The molecule has 0 radical (unpaired) electrons. The summed E-state index contributed by atoms with van der Waals surface area (Å²) in [7, 11) is 2.82. The number of halogens is 2. The third-order valence-corrected chi connectivity index (χ3v) is 5.49. The summed E-state index contributed by atoms with van der Waals surface area (Å²) in [5.74, 6) is -1.91. The number of nitrogen functional groups attached to an aromatic ring is 1. The maximum atomic E-state index is 15.3. The lowest BCUT2D eigenvalue weighted by Gasteiger charge is -2.18. The van der Waals surface area contributed by atoms with Crippen LogP contribution in [0, 0.1) is 17.0 Å². The molecule has 0 saturated carbocycles. The third-order valence-electron chi connectivity index (χ3n) is 5.49. The number of amidine groups is 1. The Balaban J connectivity index is 1.84. The van der Waals surface area contributed by atoms with Gasteiger partial charge in [-0.15, -0.1) is 5.10 Å². The molecule has 2 aromatic heterocycles. The number of nitrogens with one attached hydrogen (secondary N) is 2. The van der Waals surface area contributed by atoms with E-state index in [1.165, 1.54) is 38.6 Å². The number of nitrogens with zero attached hydrogens (tertiary/aromatic N) is 3. The molecule has 2 aromatic carbocycles. The highest BCUT2D eigenvalue weighted by molar-refractivity contribution is 5.94. The highest BCUT2D eigenvalue weighted by Gasteiger charge is 2.26. The minimum Gasteiger partial charge on any atom is -0.493 e. The van der Waals surface area contributed by atoms with Crippen LogP contribution in [0.3, 0.4) is 0 Å². The Labute approximate surface area is 198 Å². The van der Waals surface area contributed by atoms with Gasteiger partial charge in [0, 0.05) is 23.4 Å². The number of benzene rings is 2. The van der Waals surface area contributed by atoms with Crippen molar-refractivity contribution < 1.29 is 18.3 Å². The number of nitrogens with two attached hydrogens (primary N) is 1. The molecule has 0 fully saturated rings. The second-order valence-electron chi connectivity index (χ2n) is 7.63. The summed E-state index contributed by atoms with van der Waals surface area (Å²) in [6, 6.07) is 12.0. The molecule has 4 aromatic rings. The Kier molecular flexibility index (Phi) is 6.58. The van der Waals surface area contributed by atoms with Crippen molar-refractivity contribution in [2.24, 2.45) is 5.73 Å². The summed E-state index contributed by atoms with van der Waals surface area (Å²) < 4.78 is 40.9. The van der Waals surface area contributed by atoms with Crippen molar-refractivity contribution in [2.75, 3.05) is 14.2 Å². The maximum absolute atomic E-state index is 15.3. The Hall–Kier alpha value is -4.54. The minimum absolute atomic E-state index is 0.0838. The lowest BCUT2D eigenvalue weighted by atomic mass is 9.90. The maximum Gasteiger partial charge on any atom is 0.349 e. The van der Waals surface area contributed by atoms with E-state index >= 15 is 4.39 Å². The molecule has 0 amide bonds. The topological polar surface area (TPSA) is 132 Å². The predicted molar refractivity (Wildman–Crippen MR) is 124 cm³/mol. The molecular formula is C24H22F2N6O3. The zero-order chi connectivity index (χ0) is 25.1. The fourth-order valence-electron chi connectivity index (χ4n) is 3.72. The molecule has 9 nitrogen and oxygen atoms in total. The highest BCUT2D eigenvalue weighted by Crippen LogP contribution is 2.36. The Morgan fingerprint density at radius 2 is 1.80 bits per heavy atom. The number of aromatic nitrogens is 4. The first kappa shape index (κ1) is 23.6. The lowest BCUT2D eigenvalue weighted by molar-refractivity contribution is 0.351. The van der Waals surface area contributed by atoms with Gasteiger partial charge in [0.15, 0.2) is 23.1 Å². The number of H-pyrrole nitrogens is 1. The van der Waals surface area contributed by atoms with Crippen LogP contribution in [0.5, 0.6) is 11.5 Å². The van der Waals surface area contributed by atoms with Crippen molar-refractivity contribution in [3.05, 3.63) is 99.4 Å². The average molecular weight is 480 g/mol. The quantitative estimate of drug-likeness (QED) is 0.262. The van der Waals surface area contributed by atoms with E-state index in [1.54, 1.807) is 24.3 Å². The first-order valence-electron chi connectivity index (χ1n) is 10.5. The van der Waals surface area contributed by atoms with Crippen molar-refractivity contribution >= 4 is 5.84 Å². The molecule has 0 aliphatic carbocycles. The smallest absolute Gasteiger partial charge is 0.349 e. The van der Waals surface area contributed by atoms with E-state index in [0.717, 1.165) is 16.3 Å². The molecule has 11 heteroatoms. The molecule has 0 bridgehead atoms. The number of pyridine rings is 1. The number of aromatic amines is 1. The summed E-state index contributed by atoms with van der Waals surface area (Å²) in [5, 5.41) is 11.8. The van der Waals surface area contributed by atoms with Crippen LogP contribution in [0.2, 0.25) is 0 Å². The molecule has 4 rings (SSSR count). The number of hydrogen-bond acceptors (Lipinski definition) is 6. The second-order valence-corrected chi connectivity index (χ2v) is 7.63. The van der Waals surface area contributed by atoms with Crippen LogP contribution in [0.15, 0.2) is 59.5 Å². The third kappa shape index (κ3) is 4.74. The molecule has 1 unspecified atom stereocenters. The first-order chi connectivity index (χ1) is 16.8. The van der Waals surface area contributed by atoms with Crippen molar-refractivity contribution in [1.82, 2.24) is 19.7 Å². The van der Waals surface area contributed by atoms with Crippen LogP contribution in [-0.2, 0) is 6.42 Å². The van der Waals surface area contributed by atoms with Crippen molar-refractivity contribution in [3.63, 3.8) is 0 Å². The Bertz CT molecular complexity index is 1430. The van der Waals surface area contributed by atoms with E-state index in [4.69, 9.17) is 20.6 Å².